The Morgan fingerprint density at radius 2 is 2.10 bits per heavy atom. The molecule has 1 aromatic rings. The maximum absolute atomic E-state index is 12.9. The van der Waals surface area contributed by atoms with E-state index >= 15 is 0 Å². The Hall–Kier alpha value is -0.620. The number of ether oxygens (including phenoxy) is 1. The Morgan fingerprint density at radius 1 is 1.29 bits per heavy atom. The standard InChI is InChI=1S/C15H20ClNO3S/c16-11-12-4-3-5-13(10-12)21(18,19)17-8-9-20-15-7-2-1-6-14(15)17/h3-5,10,14-15H,1-2,6-9,11H2. The predicted molar refractivity (Wildman–Crippen MR) is 81.9 cm³/mol. The van der Waals surface area contributed by atoms with Gasteiger partial charge in [-0.3, -0.25) is 0 Å². The lowest BCUT2D eigenvalue weighted by Gasteiger charge is -2.42. The number of benzene rings is 1. The average Bonchev–Trinajstić information content (AvgIpc) is 2.54. The van der Waals surface area contributed by atoms with Crippen LogP contribution >= 0.6 is 11.6 Å². The van der Waals surface area contributed by atoms with Gasteiger partial charge in [-0.05, 0) is 30.5 Å². The fourth-order valence-electron chi connectivity index (χ4n) is 3.28. The molecule has 1 saturated heterocycles. The van der Waals surface area contributed by atoms with Crippen LogP contribution in [0.15, 0.2) is 29.2 Å². The molecule has 1 aliphatic carbocycles. The molecule has 1 aromatic carbocycles. The van der Waals surface area contributed by atoms with Crippen molar-refractivity contribution < 1.29 is 13.2 Å². The minimum Gasteiger partial charge on any atom is -0.375 e. The lowest BCUT2D eigenvalue weighted by Crippen LogP contribution is -2.54. The van der Waals surface area contributed by atoms with E-state index in [1.165, 1.54) is 0 Å². The number of alkyl halides is 1. The quantitative estimate of drug-likeness (QED) is 0.801. The first-order valence-corrected chi connectivity index (χ1v) is 9.39. The second kappa shape index (κ2) is 6.24. The second-order valence-corrected chi connectivity index (χ2v) is 7.82. The van der Waals surface area contributed by atoms with E-state index in [9.17, 15) is 8.42 Å². The van der Waals surface area contributed by atoms with Gasteiger partial charge in [0.25, 0.3) is 0 Å². The SMILES string of the molecule is O=S(=O)(c1cccc(CCl)c1)N1CCOC2CCCCC21. The van der Waals surface area contributed by atoms with E-state index in [-0.39, 0.29) is 12.1 Å². The molecule has 0 radical (unpaired) electrons. The molecule has 116 valence electrons. The number of morpholine rings is 1. The maximum Gasteiger partial charge on any atom is 0.243 e. The lowest BCUT2D eigenvalue weighted by molar-refractivity contribution is -0.0586. The fourth-order valence-corrected chi connectivity index (χ4v) is 5.18. The zero-order valence-corrected chi connectivity index (χ0v) is 13.4. The number of nitrogens with zero attached hydrogens (tertiary/aromatic N) is 1. The lowest BCUT2D eigenvalue weighted by atomic mass is 9.91. The van der Waals surface area contributed by atoms with Crippen LogP contribution in [0.2, 0.25) is 0 Å². The third-order valence-electron chi connectivity index (χ3n) is 4.34. The van der Waals surface area contributed by atoms with E-state index in [2.05, 4.69) is 0 Å². The normalized spacial score (nSPS) is 27.3. The number of hydrogen-bond acceptors (Lipinski definition) is 3. The summed E-state index contributed by atoms with van der Waals surface area (Å²) in [6.07, 6.45) is 4.09. The molecule has 3 rings (SSSR count). The number of sulfonamides is 1. The first-order valence-electron chi connectivity index (χ1n) is 7.41. The Kier molecular flexibility index (Phi) is 4.54. The smallest absolute Gasteiger partial charge is 0.243 e. The average molecular weight is 330 g/mol. The van der Waals surface area contributed by atoms with Gasteiger partial charge in [-0.1, -0.05) is 25.0 Å². The van der Waals surface area contributed by atoms with Crippen molar-refractivity contribution in [1.29, 1.82) is 0 Å². The van der Waals surface area contributed by atoms with Gasteiger partial charge in [0.1, 0.15) is 0 Å². The first kappa shape index (κ1) is 15.3. The molecule has 4 nitrogen and oxygen atoms in total. The molecular formula is C15H20ClNO3S. The molecule has 0 N–H and O–H groups in total. The van der Waals surface area contributed by atoms with Gasteiger partial charge in [-0.25, -0.2) is 8.42 Å². The van der Waals surface area contributed by atoms with Gasteiger partial charge >= 0.3 is 0 Å². The minimum atomic E-state index is -3.47. The second-order valence-electron chi connectivity index (χ2n) is 5.66. The molecule has 1 saturated carbocycles. The number of fused-ring (bicyclic) bond motifs is 1. The van der Waals surface area contributed by atoms with Crippen molar-refractivity contribution >= 4 is 21.6 Å². The van der Waals surface area contributed by atoms with Crippen molar-refractivity contribution in [3.63, 3.8) is 0 Å². The van der Waals surface area contributed by atoms with Crippen LogP contribution in [0.4, 0.5) is 0 Å². The topological polar surface area (TPSA) is 46.6 Å². The van der Waals surface area contributed by atoms with E-state index in [1.807, 2.05) is 6.07 Å². The molecule has 21 heavy (non-hydrogen) atoms. The molecule has 2 fully saturated rings. The number of hydrogen-bond donors (Lipinski definition) is 0. The minimum absolute atomic E-state index is 0.0165. The van der Waals surface area contributed by atoms with Gasteiger partial charge in [-0.2, -0.15) is 4.31 Å². The summed E-state index contributed by atoms with van der Waals surface area (Å²) in [6, 6.07) is 6.91. The van der Waals surface area contributed by atoms with Crippen LogP contribution < -0.4 is 0 Å². The van der Waals surface area contributed by atoms with Gasteiger partial charge < -0.3 is 4.74 Å². The van der Waals surface area contributed by atoms with E-state index in [0.29, 0.717) is 23.9 Å². The van der Waals surface area contributed by atoms with Crippen molar-refractivity contribution in [3.8, 4) is 0 Å². The van der Waals surface area contributed by atoms with Crippen LogP contribution in [0.25, 0.3) is 0 Å². The third-order valence-corrected chi connectivity index (χ3v) is 6.57. The summed E-state index contributed by atoms with van der Waals surface area (Å²) >= 11 is 5.82. The largest absolute Gasteiger partial charge is 0.375 e. The molecule has 0 spiro atoms. The van der Waals surface area contributed by atoms with Crippen molar-refractivity contribution in [3.05, 3.63) is 29.8 Å². The van der Waals surface area contributed by atoms with E-state index in [4.69, 9.17) is 16.3 Å². The van der Waals surface area contributed by atoms with Crippen molar-refractivity contribution in [2.45, 2.75) is 48.6 Å². The van der Waals surface area contributed by atoms with Gasteiger partial charge in [0.05, 0.1) is 23.6 Å². The first-order chi connectivity index (χ1) is 10.1. The van der Waals surface area contributed by atoms with Crippen molar-refractivity contribution in [1.82, 2.24) is 4.31 Å². The van der Waals surface area contributed by atoms with Crippen LogP contribution in [0.1, 0.15) is 31.2 Å². The molecular weight excluding hydrogens is 310 g/mol. The maximum atomic E-state index is 12.9. The molecule has 1 aliphatic heterocycles. The summed E-state index contributed by atoms with van der Waals surface area (Å²) in [5, 5.41) is 0. The summed E-state index contributed by atoms with van der Waals surface area (Å²) in [4.78, 5) is 0.340. The third kappa shape index (κ3) is 2.97. The van der Waals surface area contributed by atoms with Gasteiger partial charge in [0.15, 0.2) is 0 Å². The fraction of sp³-hybridized carbons (Fsp3) is 0.600. The van der Waals surface area contributed by atoms with E-state index in [1.54, 1.807) is 22.5 Å². The molecule has 2 atom stereocenters. The Morgan fingerprint density at radius 3 is 2.90 bits per heavy atom. The Labute approximate surface area is 131 Å². The molecule has 2 aliphatic rings. The van der Waals surface area contributed by atoms with E-state index in [0.717, 1.165) is 31.2 Å². The highest BCUT2D eigenvalue weighted by atomic mass is 35.5. The monoisotopic (exact) mass is 329 g/mol. The predicted octanol–water partition coefficient (Wildman–Crippen LogP) is 2.76. The Bertz CT molecular complexity index is 603. The van der Waals surface area contributed by atoms with Crippen LogP contribution in [-0.4, -0.2) is 38.0 Å². The van der Waals surface area contributed by atoms with Gasteiger partial charge in [0, 0.05) is 12.4 Å². The molecule has 6 heteroatoms. The zero-order valence-electron chi connectivity index (χ0n) is 11.9. The summed E-state index contributed by atoms with van der Waals surface area (Å²) in [5.74, 6) is 0.318. The van der Waals surface area contributed by atoms with Crippen molar-refractivity contribution in [2.75, 3.05) is 13.2 Å². The Balaban J connectivity index is 1.92. The van der Waals surface area contributed by atoms with Gasteiger partial charge in [-0.15, -0.1) is 11.6 Å². The molecule has 0 amide bonds. The molecule has 1 heterocycles. The van der Waals surface area contributed by atoms with Crippen molar-refractivity contribution in [2.24, 2.45) is 0 Å². The van der Waals surface area contributed by atoms with Crippen LogP contribution in [0.5, 0.6) is 0 Å². The van der Waals surface area contributed by atoms with Gasteiger partial charge in [0.2, 0.25) is 10.0 Å². The van der Waals surface area contributed by atoms with Crippen LogP contribution in [-0.2, 0) is 20.6 Å². The molecule has 0 aromatic heterocycles. The van der Waals surface area contributed by atoms with Crippen LogP contribution in [0.3, 0.4) is 0 Å². The summed E-state index contributed by atoms with van der Waals surface area (Å²) in [5.41, 5.74) is 0.825. The zero-order chi connectivity index (χ0) is 14.9. The molecule has 0 bridgehead atoms. The highest BCUT2D eigenvalue weighted by Gasteiger charge is 2.40. The number of rotatable bonds is 3. The van der Waals surface area contributed by atoms with Crippen LogP contribution in [0, 0.1) is 0 Å². The summed E-state index contributed by atoms with van der Waals surface area (Å²) in [7, 11) is -3.47. The highest BCUT2D eigenvalue weighted by molar-refractivity contribution is 7.89. The molecule has 2 unspecified atom stereocenters. The summed E-state index contributed by atoms with van der Waals surface area (Å²) in [6.45, 7) is 0.921. The number of halogens is 1. The highest BCUT2D eigenvalue weighted by Crippen LogP contribution is 2.32. The van der Waals surface area contributed by atoms with E-state index < -0.39 is 10.0 Å². The summed E-state index contributed by atoms with van der Waals surface area (Å²) < 4.78 is 33.3.